The number of benzene rings is 2. The maximum absolute atomic E-state index is 12.5. The minimum atomic E-state index is -0.367. The van der Waals surface area contributed by atoms with Gasteiger partial charge in [-0.1, -0.05) is 31.9 Å². The fraction of sp³-hybridized carbons (Fsp3) is 0.233. The van der Waals surface area contributed by atoms with Gasteiger partial charge >= 0.3 is 0 Å². The fourth-order valence-corrected chi connectivity index (χ4v) is 4.79. The molecule has 0 atom stereocenters. The Hall–Kier alpha value is -4.81. The van der Waals surface area contributed by atoms with Gasteiger partial charge in [-0.3, -0.25) is 19.6 Å². The Balaban J connectivity index is 1.31. The van der Waals surface area contributed by atoms with Crippen LogP contribution >= 0.6 is 11.3 Å². The highest BCUT2D eigenvalue weighted by molar-refractivity contribution is 7.17. The smallest absolute Gasteiger partial charge is 0.251 e. The number of carbonyl (C=O) groups is 3. The van der Waals surface area contributed by atoms with Crippen LogP contribution in [-0.2, 0) is 9.59 Å². The van der Waals surface area contributed by atoms with Crippen LogP contribution < -0.4 is 26.2 Å². The molecule has 0 spiro atoms. The van der Waals surface area contributed by atoms with Crippen molar-refractivity contribution in [1.82, 2.24) is 20.8 Å². The summed E-state index contributed by atoms with van der Waals surface area (Å²) in [4.78, 5) is 44.3. The Labute approximate surface area is 247 Å². The summed E-state index contributed by atoms with van der Waals surface area (Å²) in [5, 5.41) is 19.2. The number of hydrogen-bond donors (Lipinski definition) is 5. The molecular weight excluding hydrogens is 556 g/mol. The predicted molar refractivity (Wildman–Crippen MR) is 162 cm³/mol. The van der Waals surface area contributed by atoms with Crippen molar-refractivity contribution in [2.75, 3.05) is 17.2 Å². The standard InChI is InChI=1S/C30H32N6O5S/c1-2-25(37)32-22-9-8-10-23(19-22)41-29-27-24(16-18-42-27)34-30(35-29)33-21-14-12-20(13-15-21)28(39)31-17-7-5-3-4-6-11-26(38)36-40/h2,8-10,12-16,18-19,40H,1,3-7,11,17H2,(H,31,39)(H,32,37)(H,36,38)(H,33,34,35). The molecule has 0 bridgehead atoms. The molecular formula is C30H32N6O5S. The molecule has 0 aliphatic carbocycles. The number of nitrogens with zero attached hydrogens (tertiary/aromatic N) is 2. The number of nitrogens with one attached hydrogen (secondary N) is 4. The lowest BCUT2D eigenvalue weighted by molar-refractivity contribution is -0.129. The molecule has 12 heteroatoms. The molecule has 2 heterocycles. The highest BCUT2D eigenvalue weighted by Gasteiger charge is 2.13. The molecule has 0 saturated carbocycles. The first-order chi connectivity index (χ1) is 20.4. The molecule has 0 radical (unpaired) electrons. The number of ether oxygens (including phenoxy) is 1. The van der Waals surface area contributed by atoms with Crippen molar-refractivity contribution in [3.05, 3.63) is 78.2 Å². The van der Waals surface area contributed by atoms with Crippen molar-refractivity contribution in [3.8, 4) is 11.6 Å². The van der Waals surface area contributed by atoms with E-state index < -0.39 is 0 Å². The Morgan fingerprint density at radius 2 is 1.74 bits per heavy atom. The van der Waals surface area contributed by atoms with Crippen LogP contribution in [0.4, 0.5) is 17.3 Å². The molecule has 4 aromatic rings. The number of hydroxylamine groups is 1. The summed E-state index contributed by atoms with van der Waals surface area (Å²) < 4.78 is 6.87. The second-order valence-electron chi connectivity index (χ2n) is 9.32. The first-order valence-corrected chi connectivity index (χ1v) is 14.4. The van der Waals surface area contributed by atoms with Gasteiger partial charge in [0.05, 0.1) is 5.52 Å². The van der Waals surface area contributed by atoms with Crippen LogP contribution in [-0.4, -0.2) is 39.4 Å². The molecule has 4 rings (SSSR count). The largest absolute Gasteiger partial charge is 0.437 e. The van der Waals surface area contributed by atoms with Crippen molar-refractivity contribution < 1.29 is 24.3 Å². The average molecular weight is 589 g/mol. The SMILES string of the molecule is C=CC(=O)Nc1cccc(Oc2nc(Nc3ccc(C(=O)NCCCCCCCC(=O)NO)cc3)nc3ccsc23)c1. The van der Waals surface area contributed by atoms with Gasteiger partial charge in [-0.25, -0.2) is 10.5 Å². The molecule has 2 aromatic heterocycles. The summed E-state index contributed by atoms with van der Waals surface area (Å²) in [5.41, 5.74) is 4.16. The molecule has 0 aliphatic heterocycles. The number of carbonyl (C=O) groups excluding carboxylic acids is 3. The normalized spacial score (nSPS) is 10.6. The molecule has 2 aromatic carbocycles. The summed E-state index contributed by atoms with van der Waals surface area (Å²) in [7, 11) is 0. The third kappa shape index (κ3) is 8.85. The van der Waals surface area contributed by atoms with Gasteiger partial charge in [0.2, 0.25) is 23.6 Å². The van der Waals surface area contributed by atoms with Gasteiger partial charge < -0.3 is 20.7 Å². The van der Waals surface area contributed by atoms with Gasteiger partial charge in [-0.15, -0.1) is 11.3 Å². The molecule has 11 nitrogen and oxygen atoms in total. The quantitative estimate of drug-likeness (QED) is 0.0496. The number of thiophene rings is 1. The first kappa shape index (κ1) is 30.2. The van der Waals surface area contributed by atoms with E-state index in [4.69, 9.17) is 9.94 Å². The summed E-state index contributed by atoms with van der Waals surface area (Å²) >= 11 is 1.46. The summed E-state index contributed by atoms with van der Waals surface area (Å²) in [6, 6.07) is 15.9. The zero-order chi connectivity index (χ0) is 29.7. The molecule has 42 heavy (non-hydrogen) atoms. The van der Waals surface area contributed by atoms with Crippen molar-refractivity contribution in [2.24, 2.45) is 0 Å². The van der Waals surface area contributed by atoms with Crippen molar-refractivity contribution in [1.29, 1.82) is 0 Å². The first-order valence-electron chi connectivity index (χ1n) is 13.5. The molecule has 0 aliphatic rings. The molecule has 0 unspecified atom stereocenters. The van der Waals surface area contributed by atoms with Gasteiger partial charge in [0.25, 0.3) is 5.91 Å². The van der Waals surface area contributed by atoms with E-state index in [1.54, 1.807) is 54.0 Å². The molecule has 218 valence electrons. The van der Waals surface area contributed by atoms with Crippen molar-refractivity contribution in [2.45, 2.75) is 38.5 Å². The van der Waals surface area contributed by atoms with E-state index in [1.807, 2.05) is 11.4 Å². The van der Waals surface area contributed by atoms with E-state index in [-0.39, 0.29) is 17.7 Å². The van der Waals surface area contributed by atoms with Gasteiger partial charge in [0, 0.05) is 36.0 Å². The van der Waals surface area contributed by atoms with Crippen LogP contribution in [0.3, 0.4) is 0 Å². The number of rotatable bonds is 15. The molecule has 0 saturated heterocycles. The number of fused-ring (bicyclic) bond motifs is 1. The van der Waals surface area contributed by atoms with Gasteiger partial charge in [0.1, 0.15) is 10.4 Å². The topological polar surface area (TPSA) is 155 Å². The number of anilines is 3. The van der Waals surface area contributed by atoms with E-state index in [0.29, 0.717) is 47.5 Å². The lowest BCUT2D eigenvalue weighted by atomic mass is 10.1. The van der Waals surface area contributed by atoms with Gasteiger partial charge in [-0.05, 0) is 66.8 Å². The Morgan fingerprint density at radius 1 is 0.952 bits per heavy atom. The van der Waals surface area contributed by atoms with E-state index in [2.05, 4.69) is 32.5 Å². The molecule has 0 fully saturated rings. The monoisotopic (exact) mass is 588 g/mol. The fourth-order valence-electron chi connectivity index (χ4n) is 4.04. The lowest BCUT2D eigenvalue weighted by Gasteiger charge is -2.11. The minimum Gasteiger partial charge on any atom is -0.437 e. The lowest BCUT2D eigenvalue weighted by Crippen LogP contribution is -2.24. The van der Waals surface area contributed by atoms with Gasteiger partial charge in [0.15, 0.2) is 0 Å². The maximum Gasteiger partial charge on any atom is 0.251 e. The third-order valence-electron chi connectivity index (χ3n) is 6.17. The molecule has 5 N–H and O–H groups in total. The number of unbranched alkanes of at least 4 members (excludes halogenated alkanes) is 4. The summed E-state index contributed by atoms with van der Waals surface area (Å²) in [6.45, 7) is 4.03. The summed E-state index contributed by atoms with van der Waals surface area (Å²) in [5.74, 6) is 0.365. The minimum absolute atomic E-state index is 0.153. The highest BCUT2D eigenvalue weighted by Crippen LogP contribution is 2.33. The Morgan fingerprint density at radius 3 is 2.52 bits per heavy atom. The average Bonchev–Trinajstić information content (AvgIpc) is 3.48. The van der Waals surface area contributed by atoms with E-state index in [9.17, 15) is 14.4 Å². The van der Waals surface area contributed by atoms with Crippen LogP contribution in [0.1, 0.15) is 48.9 Å². The van der Waals surface area contributed by atoms with Crippen LogP contribution in [0.25, 0.3) is 10.2 Å². The summed E-state index contributed by atoms with van der Waals surface area (Å²) in [6.07, 6.45) is 5.89. The molecule has 3 amide bonds. The zero-order valence-electron chi connectivity index (χ0n) is 22.9. The van der Waals surface area contributed by atoms with Crippen molar-refractivity contribution in [3.63, 3.8) is 0 Å². The highest BCUT2D eigenvalue weighted by atomic mass is 32.1. The maximum atomic E-state index is 12.5. The Bertz CT molecular complexity index is 1540. The Kier molecular flexibility index (Phi) is 11.0. The number of hydrogen-bond acceptors (Lipinski definition) is 9. The van der Waals surface area contributed by atoms with Crippen LogP contribution in [0, 0.1) is 0 Å². The van der Waals surface area contributed by atoms with Gasteiger partial charge in [-0.2, -0.15) is 4.98 Å². The van der Waals surface area contributed by atoms with E-state index in [1.165, 1.54) is 17.4 Å². The van der Waals surface area contributed by atoms with E-state index in [0.717, 1.165) is 42.3 Å². The number of amides is 3. The number of aromatic nitrogens is 2. The third-order valence-corrected chi connectivity index (χ3v) is 7.06. The predicted octanol–water partition coefficient (Wildman–Crippen LogP) is 5.93. The second-order valence-corrected chi connectivity index (χ2v) is 10.2. The second kappa shape index (κ2) is 15.3. The van der Waals surface area contributed by atoms with Crippen LogP contribution in [0.2, 0.25) is 0 Å². The van der Waals surface area contributed by atoms with Crippen LogP contribution in [0.5, 0.6) is 11.6 Å². The van der Waals surface area contributed by atoms with Crippen LogP contribution in [0.15, 0.2) is 72.6 Å². The van der Waals surface area contributed by atoms with E-state index >= 15 is 0 Å². The zero-order valence-corrected chi connectivity index (χ0v) is 23.7. The van der Waals surface area contributed by atoms with Crippen molar-refractivity contribution >= 4 is 56.6 Å².